The fraction of sp³-hybridized carbons (Fsp3) is 0.409. The SMILES string of the molecule is CC[C@@H](C)N(Cc1ccc(OC)c(OS(=O)(=O)c2ccc(Cl)c(Cl)c2)c1)C(=O)NC(C)C. The lowest BCUT2D eigenvalue weighted by Gasteiger charge is -2.30. The monoisotopic (exact) mass is 502 g/mol. The summed E-state index contributed by atoms with van der Waals surface area (Å²) in [5.74, 6) is 0.239. The van der Waals surface area contributed by atoms with Gasteiger partial charge in [-0.3, -0.25) is 0 Å². The van der Waals surface area contributed by atoms with Crippen LogP contribution in [0.5, 0.6) is 11.5 Å². The molecular weight excluding hydrogens is 475 g/mol. The van der Waals surface area contributed by atoms with Gasteiger partial charge in [-0.25, -0.2) is 4.79 Å². The normalized spacial score (nSPS) is 12.4. The van der Waals surface area contributed by atoms with Gasteiger partial charge in [0.1, 0.15) is 4.90 Å². The molecule has 0 heterocycles. The number of benzene rings is 2. The molecule has 0 bridgehead atoms. The van der Waals surface area contributed by atoms with Crippen LogP contribution in [0.25, 0.3) is 0 Å². The zero-order valence-electron chi connectivity index (χ0n) is 18.7. The van der Waals surface area contributed by atoms with Gasteiger partial charge in [0.05, 0.1) is 17.2 Å². The predicted octanol–water partition coefficient (Wildman–Crippen LogP) is 5.49. The summed E-state index contributed by atoms with van der Waals surface area (Å²) >= 11 is 11.8. The van der Waals surface area contributed by atoms with E-state index in [1.54, 1.807) is 23.1 Å². The van der Waals surface area contributed by atoms with Gasteiger partial charge in [-0.1, -0.05) is 36.2 Å². The van der Waals surface area contributed by atoms with Crippen LogP contribution < -0.4 is 14.2 Å². The lowest BCUT2D eigenvalue weighted by Crippen LogP contribution is -2.46. The lowest BCUT2D eigenvalue weighted by atomic mass is 10.1. The van der Waals surface area contributed by atoms with Gasteiger partial charge in [-0.2, -0.15) is 8.42 Å². The number of nitrogens with zero attached hydrogens (tertiary/aromatic N) is 1. The Balaban J connectivity index is 2.36. The van der Waals surface area contributed by atoms with Gasteiger partial charge in [-0.15, -0.1) is 0 Å². The second-order valence-corrected chi connectivity index (χ2v) is 9.95. The number of nitrogens with one attached hydrogen (secondary N) is 1. The van der Waals surface area contributed by atoms with Crippen molar-refractivity contribution in [2.24, 2.45) is 0 Å². The van der Waals surface area contributed by atoms with E-state index in [1.807, 2.05) is 27.7 Å². The number of ether oxygens (including phenoxy) is 1. The molecule has 1 atom stereocenters. The molecule has 0 saturated carbocycles. The van der Waals surface area contributed by atoms with E-state index in [1.165, 1.54) is 25.3 Å². The van der Waals surface area contributed by atoms with Gasteiger partial charge in [-0.05, 0) is 63.1 Å². The van der Waals surface area contributed by atoms with Crippen molar-refractivity contribution in [2.45, 2.75) is 57.6 Å². The van der Waals surface area contributed by atoms with Crippen LogP contribution in [0.4, 0.5) is 4.79 Å². The van der Waals surface area contributed by atoms with Crippen molar-refractivity contribution >= 4 is 39.4 Å². The smallest absolute Gasteiger partial charge is 0.339 e. The van der Waals surface area contributed by atoms with E-state index in [9.17, 15) is 13.2 Å². The minimum Gasteiger partial charge on any atom is -0.493 e. The average molecular weight is 503 g/mol. The zero-order valence-corrected chi connectivity index (χ0v) is 21.0. The Morgan fingerprint density at radius 1 is 1.06 bits per heavy atom. The Kier molecular flexibility index (Phi) is 9.07. The van der Waals surface area contributed by atoms with Gasteiger partial charge in [0.15, 0.2) is 11.5 Å². The summed E-state index contributed by atoms with van der Waals surface area (Å²) in [6.45, 7) is 7.99. The molecule has 0 aliphatic heterocycles. The lowest BCUT2D eigenvalue weighted by molar-refractivity contribution is 0.171. The molecule has 1 N–H and O–H groups in total. The number of hydrogen-bond acceptors (Lipinski definition) is 5. The second kappa shape index (κ2) is 11.1. The standard InChI is InChI=1S/C22H28Cl2N2O5S/c1-6-15(4)26(22(27)25-14(2)3)13-16-7-10-20(30-5)21(11-16)31-32(28,29)17-8-9-18(23)19(24)12-17/h7-12,14-15H,6,13H2,1-5H3,(H,25,27)/t15-/m1/s1. The number of urea groups is 1. The van der Waals surface area contributed by atoms with Gasteiger partial charge in [0.2, 0.25) is 0 Å². The fourth-order valence-electron chi connectivity index (χ4n) is 2.86. The molecular formula is C22H28Cl2N2O5S. The number of rotatable bonds is 9. The van der Waals surface area contributed by atoms with Gasteiger partial charge in [0, 0.05) is 18.6 Å². The Morgan fingerprint density at radius 2 is 1.75 bits per heavy atom. The Hall–Kier alpha value is -2.16. The van der Waals surface area contributed by atoms with E-state index in [0.717, 1.165) is 6.42 Å². The first-order valence-electron chi connectivity index (χ1n) is 10.1. The van der Waals surface area contributed by atoms with Crippen molar-refractivity contribution < 1.29 is 22.1 Å². The first-order valence-corrected chi connectivity index (χ1v) is 12.3. The van der Waals surface area contributed by atoms with E-state index >= 15 is 0 Å². The molecule has 0 saturated heterocycles. The molecule has 0 unspecified atom stereocenters. The van der Waals surface area contributed by atoms with Crippen LogP contribution in [-0.2, 0) is 16.7 Å². The molecule has 0 radical (unpaired) electrons. The number of hydrogen-bond donors (Lipinski definition) is 1. The summed E-state index contributed by atoms with van der Waals surface area (Å²) in [5.41, 5.74) is 0.685. The Bertz CT molecular complexity index is 1060. The number of carbonyl (C=O) groups excluding carboxylic acids is 1. The highest BCUT2D eigenvalue weighted by molar-refractivity contribution is 7.87. The first kappa shape index (κ1) is 26.1. The number of halogens is 2. The molecule has 0 aromatic heterocycles. The van der Waals surface area contributed by atoms with Crippen molar-refractivity contribution in [3.05, 3.63) is 52.0 Å². The highest BCUT2D eigenvalue weighted by Crippen LogP contribution is 2.33. The van der Waals surface area contributed by atoms with E-state index in [2.05, 4.69) is 5.32 Å². The third-order valence-electron chi connectivity index (χ3n) is 4.76. The molecule has 176 valence electrons. The van der Waals surface area contributed by atoms with Crippen molar-refractivity contribution in [1.82, 2.24) is 10.2 Å². The van der Waals surface area contributed by atoms with Crippen LogP contribution in [0.2, 0.25) is 10.0 Å². The predicted molar refractivity (Wildman–Crippen MR) is 126 cm³/mol. The maximum absolute atomic E-state index is 12.8. The summed E-state index contributed by atoms with van der Waals surface area (Å²) in [6.07, 6.45) is 0.761. The van der Waals surface area contributed by atoms with Crippen LogP contribution in [0, 0.1) is 0 Å². The third-order valence-corrected chi connectivity index (χ3v) is 6.73. The van der Waals surface area contributed by atoms with Crippen molar-refractivity contribution in [3.63, 3.8) is 0 Å². The fourth-order valence-corrected chi connectivity index (χ4v) is 4.18. The largest absolute Gasteiger partial charge is 0.493 e. The van der Waals surface area contributed by atoms with Crippen LogP contribution in [0.1, 0.15) is 39.7 Å². The summed E-state index contributed by atoms with van der Waals surface area (Å²) in [5, 5.41) is 3.22. The van der Waals surface area contributed by atoms with Crippen LogP contribution in [0.15, 0.2) is 41.3 Å². The Labute approximate surface area is 199 Å². The van der Waals surface area contributed by atoms with Crippen LogP contribution in [-0.4, -0.2) is 38.5 Å². The average Bonchev–Trinajstić information content (AvgIpc) is 2.72. The maximum Gasteiger partial charge on any atom is 0.339 e. The van der Waals surface area contributed by atoms with E-state index < -0.39 is 10.1 Å². The number of carbonyl (C=O) groups is 1. The van der Waals surface area contributed by atoms with E-state index in [4.69, 9.17) is 32.1 Å². The molecule has 0 fully saturated rings. The highest BCUT2D eigenvalue weighted by atomic mass is 35.5. The summed E-state index contributed by atoms with van der Waals surface area (Å²) < 4.78 is 36.2. The van der Waals surface area contributed by atoms with Crippen LogP contribution >= 0.6 is 23.2 Å². The highest BCUT2D eigenvalue weighted by Gasteiger charge is 2.23. The second-order valence-electron chi connectivity index (χ2n) is 7.59. The molecule has 7 nitrogen and oxygen atoms in total. The number of methoxy groups -OCH3 is 1. The van der Waals surface area contributed by atoms with Gasteiger partial charge >= 0.3 is 16.1 Å². The summed E-state index contributed by atoms with van der Waals surface area (Å²) in [6, 6.07) is 8.57. The van der Waals surface area contributed by atoms with E-state index in [0.29, 0.717) is 5.56 Å². The summed E-state index contributed by atoms with van der Waals surface area (Å²) in [4.78, 5) is 14.2. The molecule has 0 spiro atoms. The number of amides is 2. The zero-order chi connectivity index (χ0) is 24.1. The maximum atomic E-state index is 12.8. The van der Waals surface area contributed by atoms with Crippen molar-refractivity contribution in [2.75, 3.05) is 7.11 Å². The van der Waals surface area contributed by atoms with Gasteiger partial charge in [0.25, 0.3) is 0 Å². The van der Waals surface area contributed by atoms with Crippen molar-refractivity contribution in [1.29, 1.82) is 0 Å². The minimum atomic E-state index is -4.20. The molecule has 2 aromatic carbocycles. The molecule has 10 heteroatoms. The molecule has 0 aliphatic carbocycles. The molecule has 32 heavy (non-hydrogen) atoms. The summed E-state index contributed by atoms with van der Waals surface area (Å²) in [7, 11) is -2.79. The quantitative estimate of drug-likeness (QED) is 0.458. The topological polar surface area (TPSA) is 84.9 Å². The molecule has 2 aromatic rings. The molecule has 0 aliphatic rings. The Morgan fingerprint density at radius 3 is 2.31 bits per heavy atom. The van der Waals surface area contributed by atoms with Crippen molar-refractivity contribution in [3.8, 4) is 11.5 Å². The third kappa shape index (κ3) is 6.67. The van der Waals surface area contributed by atoms with E-state index in [-0.39, 0.29) is 51.1 Å². The molecule has 2 rings (SSSR count). The van der Waals surface area contributed by atoms with Crippen LogP contribution in [0.3, 0.4) is 0 Å². The van der Waals surface area contributed by atoms with Gasteiger partial charge < -0.3 is 19.1 Å². The minimum absolute atomic E-state index is 0.00411. The first-order chi connectivity index (χ1) is 15.0. The molecule has 2 amide bonds.